The Balaban J connectivity index is 3.46. The van der Waals surface area contributed by atoms with Crippen molar-refractivity contribution in [2.75, 3.05) is 13.3 Å². The Labute approximate surface area is 76.1 Å². The molecule has 0 aromatic heterocycles. The first-order valence-electron chi connectivity index (χ1n) is 3.76. The standard InChI is InChI=1S/C9H10FO2P/c1-13(2,12)9-5-3-4-8(10)7(9)6-11/h3-6H,1-2H3. The SMILES string of the molecule is CP(C)(=O)c1cccc(F)c1C=O. The molecule has 0 heterocycles. The van der Waals surface area contributed by atoms with Crippen LogP contribution < -0.4 is 5.30 Å². The van der Waals surface area contributed by atoms with E-state index in [9.17, 15) is 13.8 Å². The zero-order valence-electron chi connectivity index (χ0n) is 7.45. The van der Waals surface area contributed by atoms with E-state index >= 15 is 0 Å². The summed E-state index contributed by atoms with van der Waals surface area (Å²) >= 11 is 0. The number of carbonyl (C=O) groups is 1. The van der Waals surface area contributed by atoms with Gasteiger partial charge in [0.25, 0.3) is 0 Å². The molecule has 0 saturated carbocycles. The molecule has 0 amide bonds. The van der Waals surface area contributed by atoms with Crippen molar-refractivity contribution in [3.05, 3.63) is 29.6 Å². The Morgan fingerprint density at radius 2 is 2.00 bits per heavy atom. The van der Waals surface area contributed by atoms with Gasteiger partial charge < -0.3 is 4.57 Å². The molecular weight excluding hydrogens is 190 g/mol. The molecule has 0 aliphatic rings. The van der Waals surface area contributed by atoms with Gasteiger partial charge in [0.1, 0.15) is 13.0 Å². The zero-order valence-corrected chi connectivity index (χ0v) is 8.35. The first-order chi connectivity index (χ1) is 5.96. The van der Waals surface area contributed by atoms with E-state index in [-0.39, 0.29) is 5.56 Å². The summed E-state index contributed by atoms with van der Waals surface area (Å²) in [5, 5.41) is 0.308. The maximum Gasteiger partial charge on any atom is 0.153 e. The fourth-order valence-corrected chi connectivity index (χ4v) is 2.30. The van der Waals surface area contributed by atoms with Crippen LogP contribution in [0.2, 0.25) is 0 Å². The van der Waals surface area contributed by atoms with Gasteiger partial charge in [0.2, 0.25) is 0 Å². The summed E-state index contributed by atoms with van der Waals surface area (Å²) in [6, 6.07) is 4.16. The smallest absolute Gasteiger partial charge is 0.153 e. The minimum atomic E-state index is -2.57. The summed E-state index contributed by atoms with van der Waals surface area (Å²) in [7, 11) is -2.57. The molecule has 0 saturated heterocycles. The Kier molecular flexibility index (Phi) is 2.67. The van der Waals surface area contributed by atoms with Gasteiger partial charge in [-0.2, -0.15) is 0 Å². The van der Waals surface area contributed by atoms with Gasteiger partial charge in [-0.15, -0.1) is 0 Å². The van der Waals surface area contributed by atoms with Crippen LogP contribution in [-0.2, 0) is 4.57 Å². The molecule has 13 heavy (non-hydrogen) atoms. The minimum Gasteiger partial charge on any atom is -0.319 e. The van der Waals surface area contributed by atoms with Crippen molar-refractivity contribution in [2.24, 2.45) is 0 Å². The van der Waals surface area contributed by atoms with Crippen LogP contribution in [0.3, 0.4) is 0 Å². The lowest BCUT2D eigenvalue weighted by atomic mass is 10.2. The summed E-state index contributed by atoms with van der Waals surface area (Å²) in [6.07, 6.45) is 0.407. The van der Waals surface area contributed by atoms with Gasteiger partial charge >= 0.3 is 0 Å². The molecule has 0 bridgehead atoms. The van der Waals surface area contributed by atoms with Crippen LogP contribution in [0, 0.1) is 5.82 Å². The lowest BCUT2D eigenvalue weighted by molar-refractivity contribution is 0.112. The van der Waals surface area contributed by atoms with Gasteiger partial charge in [-0.25, -0.2) is 4.39 Å². The van der Waals surface area contributed by atoms with Crippen LogP contribution in [-0.4, -0.2) is 19.6 Å². The Morgan fingerprint density at radius 3 is 2.38 bits per heavy atom. The predicted octanol–water partition coefficient (Wildman–Crippen LogP) is 1.89. The van der Waals surface area contributed by atoms with E-state index < -0.39 is 13.0 Å². The van der Waals surface area contributed by atoms with Gasteiger partial charge in [-0.05, 0) is 19.4 Å². The number of rotatable bonds is 2. The molecule has 1 aromatic rings. The third kappa shape index (κ3) is 2.04. The fraction of sp³-hybridized carbons (Fsp3) is 0.222. The molecule has 0 radical (unpaired) electrons. The van der Waals surface area contributed by atoms with Crippen molar-refractivity contribution in [1.29, 1.82) is 0 Å². The van der Waals surface area contributed by atoms with Gasteiger partial charge in [0.15, 0.2) is 6.29 Å². The first kappa shape index (κ1) is 10.1. The Bertz CT molecular complexity index is 381. The fourth-order valence-electron chi connectivity index (χ4n) is 1.11. The topological polar surface area (TPSA) is 34.1 Å². The molecule has 4 heteroatoms. The monoisotopic (exact) mass is 200 g/mol. The second-order valence-corrected chi connectivity index (χ2v) is 6.32. The molecule has 0 fully saturated rings. The first-order valence-corrected chi connectivity index (χ1v) is 6.36. The third-order valence-electron chi connectivity index (χ3n) is 1.73. The molecule has 2 nitrogen and oxygen atoms in total. The minimum absolute atomic E-state index is 0.0872. The van der Waals surface area contributed by atoms with Gasteiger partial charge in [-0.1, -0.05) is 12.1 Å². The highest BCUT2D eigenvalue weighted by Crippen LogP contribution is 2.35. The highest BCUT2D eigenvalue weighted by Gasteiger charge is 2.17. The molecule has 0 N–H and O–H groups in total. The van der Waals surface area contributed by atoms with Crippen LogP contribution >= 0.6 is 7.14 Å². The maximum absolute atomic E-state index is 13.0. The quantitative estimate of drug-likeness (QED) is 0.539. The van der Waals surface area contributed by atoms with Crippen LogP contribution in [0.15, 0.2) is 18.2 Å². The summed E-state index contributed by atoms with van der Waals surface area (Å²) in [5.74, 6) is -0.614. The largest absolute Gasteiger partial charge is 0.319 e. The predicted molar refractivity (Wildman–Crippen MR) is 50.9 cm³/mol. The number of benzene rings is 1. The lowest BCUT2D eigenvalue weighted by Crippen LogP contribution is -2.11. The van der Waals surface area contributed by atoms with E-state index in [1.807, 2.05) is 0 Å². The molecule has 0 aliphatic carbocycles. The van der Waals surface area contributed by atoms with Crippen molar-refractivity contribution in [3.63, 3.8) is 0 Å². The summed E-state index contributed by atoms with van der Waals surface area (Å²) < 4.78 is 24.7. The average Bonchev–Trinajstić information content (AvgIpc) is 2.02. The highest BCUT2D eigenvalue weighted by molar-refractivity contribution is 7.70. The van der Waals surface area contributed by atoms with Gasteiger partial charge in [-0.3, -0.25) is 4.79 Å². The lowest BCUT2D eigenvalue weighted by Gasteiger charge is -2.09. The number of hydrogen-bond acceptors (Lipinski definition) is 2. The molecule has 0 aliphatic heterocycles. The summed E-state index contributed by atoms with van der Waals surface area (Å²) in [5.41, 5.74) is -0.0872. The van der Waals surface area contributed by atoms with E-state index in [1.165, 1.54) is 31.5 Å². The molecule has 70 valence electrons. The van der Waals surface area contributed by atoms with E-state index in [1.54, 1.807) is 0 Å². The molecule has 0 spiro atoms. The molecule has 0 unspecified atom stereocenters. The molecular formula is C9H10FO2P. The molecule has 1 rings (SSSR count). The van der Waals surface area contributed by atoms with Crippen molar-refractivity contribution >= 4 is 18.7 Å². The van der Waals surface area contributed by atoms with E-state index in [4.69, 9.17) is 0 Å². The van der Waals surface area contributed by atoms with E-state index in [0.29, 0.717) is 11.6 Å². The number of aldehydes is 1. The van der Waals surface area contributed by atoms with Crippen LogP contribution in [0.1, 0.15) is 10.4 Å². The Morgan fingerprint density at radius 1 is 1.38 bits per heavy atom. The Hall–Kier alpha value is -0.950. The van der Waals surface area contributed by atoms with Crippen LogP contribution in [0.5, 0.6) is 0 Å². The maximum atomic E-state index is 13.0. The van der Waals surface area contributed by atoms with Gasteiger partial charge in [0.05, 0.1) is 5.56 Å². The van der Waals surface area contributed by atoms with Crippen molar-refractivity contribution in [3.8, 4) is 0 Å². The third-order valence-corrected chi connectivity index (χ3v) is 3.28. The number of carbonyl (C=O) groups excluding carboxylic acids is 1. The van der Waals surface area contributed by atoms with E-state index in [0.717, 1.165) is 0 Å². The summed E-state index contributed by atoms with van der Waals surface area (Å²) in [4.78, 5) is 10.5. The van der Waals surface area contributed by atoms with Crippen molar-refractivity contribution < 1.29 is 13.8 Å². The molecule has 0 atom stereocenters. The molecule has 1 aromatic carbocycles. The highest BCUT2D eigenvalue weighted by atomic mass is 31.2. The summed E-state index contributed by atoms with van der Waals surface area (Å²) in [6.45, 7) is 3.02. The zero-order chi connectivity index (χ0) is 10.1. The second-order valence-electron chi connectivity index (χ2n) is 3.14. The average molecular weight is 200 g/mol. The van der Waals surface area contributed by atoms with Crippen LogP contribution in [0.4, 0.5) is 4.39 Å². The second kappa shape index (κ2) is 3.43. The van der Waals surface area contributed by atoms with Crippen molar-refractivity contribution in [1.82, 2.24) is 0 Å². The van der Waals surface area contributed by atoms with E-state index in [2.05, 4.69) is 0 Å². The number of halogens is 1. The van der Waals surface area contributed by atoms with Crippen molar-refractivity contribution in [2.45, 2.75) is 0 Å². The normalized spacial score (nSPS) is 11.3. The number of hydrogen-bond donors (Lipinski definition) is 0. The van der Waals surface area contributed by atoms with Crippen LogP contribution in [0.25, 0.3) is 0 Å². The van der Waals surface area contributed by atoms with Gasteiger partial charge in [0, 0.05) is 5.30 Å².